The molecule has 176 valence electrons. The second-order valence-corrected chi connectivity index (χ2v) is 10.5. The molecule has 0 unspecified atom stereocenters. The number of nitrogens with zero attached hydrogens (tertiary/aromatic N) is 4. The highest BCUT2D eigenvalue weighted by Crippen LogP contribution is 2.32. The summed E-state index contributed by atoms with van der Waals surface area (Å²) in [7, 11) is -3.89. The van der Waals surface area contributed by atoms with Gasteiger partial charge in [-0.25, -0.2) is 28.1 Å². The first-order chi connectivity index (χ1) is 16.2. The highest BCUT2D eigenvalue weighted by Gasteiger charge is 2.22. The van der Waals surface area contributed by atoms with Crippen LogP contribution in [0.5, 0.6) is 0 Å². The van der Waals surface area contributed by atoms with Crippen molar-refractivity contribution in [3.63, 3.8) is 0 Å². The van der Waals surface area contributed by atoms with Crippen LogP contribution in [0.3, 0.4) is 0 Å². The number of sulfonamides is 1. The van der Waals surface area contributed by atoms with Crippen LogP contribution >= 0.6 is 0 Å². The molecule has 0 aliphatic carbocycles. The maximum Gasteiger partial charge on any atom is 0.264 e. The molecule has 0 amide bonds. The van der Waals surface area contributed by atoms with Gasteiger partial charge in [0.2, 0.25) is 5.95 Å². The number of imidazole rings is 1. The minimum absolute atomic E-state index is 0.0435. The Kier molecular flexibility index (Phi) is 6.79. The van der Waals surface area contributed by atoms with Gasteiger partial charge >= 0.3 is 0 Å². The van der Waals surface area contributed by atoms with E-state index in [1.807, 2.05) is 44.3 Å². The molecule has 0 aliphatic heterocycles. The fraction of sp³-hybridized carbons (Fsp3) is 0.269. The number of anilines is 1. The lowest BCUT2D eigenvalue weighted by Crippen LogP contribution is -2.16. The molecule has 34 heavy (non-hydrogen) atoms. The molecular formula is C26H29N5O2S. The fourth-order valence-electron chi connectivity index (χ4n) is 3.96. The van der Waals surface area contributed by atoms with Crippen molar-refractivity contribution in [1.82, 2.24) is 19.5 Å². The lowest BCUT2D eigenvalue weighted by atomic mass is 9.95. The van der Waals surface area contributed by atoms with E-state index in [4.69, 9.17) is 0 Å². The Bertz CT molecular complexity index is 1400. The van der Waals surface area contributed by atoms with Crippen molar-refractivity contribution in [3.8, 4) is 11.1 Å². The van der Waals surface area contributed by atoms with Crippen LogP contribution in [-0.2, 0) is 23.0 Å². The number of hydrogen-bond donors (Lipinski definition) is 1. The summed E-state index contributed by atoms with van der Waals surface area (Å²) in [6.07, 6.45) is 7.61. The predicted octanol–water partition coefficient (Wildman–Crippen LogP) is 5.00. The number of aromatic nitrogens is 4. The largest absolute Gasteiger partial charge is 0.331 e. The van der Waals surface area contributed by atoms with Gasteiger partial charge in [-0.3, -0.25) is 0 Å². The molecule has 0 atom stereocenters. The normalized spacial score (nSPS) is 11.7. The van der Waals surface area contributed by atoms with Crippen molar-refractivity contribution in [1.29, 1.82) is 0 Å². The molecule has 8 heteroatoms. The monoisotopic (exact) mass is 475 g/mol. The molecule has 2 aromatic heterocycles. The van der Waals surface area contributed by atoms with E-state index in [0.717, 1.165) is 34.5 Å². The summed E-state index contributed by atoms with van der Waals surface area (Å²) in [4.78, 5) is 12.5. The van der Waals surface area contributed by atoms with E-state index in [1.165, 1.54) is 12.4 Å². The topological polar surface area (TPSA) is 89.8 Å². The molecule has 2 heterocycles. The van der Waals surface area contributed by atoms with Gasteiger partial charge in [-0.15, -0.1) is 0 Å². The summed E-state index contributed by atoms with van der Waals surface area (Å²) in [6, 6.07) is 13.3. The maximum absolute atomic E-state index is 13.3. The average Bonchev–Trinajstić information content (AvgIpc) is 3.19. The van der Waals surface area contributed by atoms with Crippen LogP contribution < -0.4 is 4.72 Å². The number of rotatable bonds is 8. The number of aryl methyl sites for hydroxylation is 2. The molecule has 0 fully saturated rings. The van der Waals surface area contributed by atoms with E-state index in [0.29, 0.717) is 18.0 Å². The molecular weight excluding hydrogens is 446 g/mol. The van der Waals surface area contributed by atoms with Gasteiger partial charge < -0.3 is 4.57 Å². The van der Waals surface area contributed by atoms with Crippen LogP contribution in [0.1, 0.15) is 36.4 Å². The third kappa shape index (κ3) is 5.34. The Labute approximate surface area is 201 Å². The Hall–Kier alpha value is -3.52. The van der Waals surface area contributed by atoms with Gasteiger partial charge in [0.1, 0.15) is 5.82 Å². The number of hydrogen-bond acceptors (Lipinski definition) is 5. The van der Waals surface area contributed by atoms with Crippen LogP contribution in [0, 0.1) is 19.8 Å². The minimum Gasteiger partial charge on any atom is -0.331 e. The predicted molar refractivity (Wildman–Crippen MR) is 134 cm³/mol. The quantitative estimate of drug-likeness (QED) is 0.387. The van der Waals surface area contributed by atoms with Gasteiger partial charge in [-0.2, -0.15) is 0 Å². The summed E-state index contributed by atoms with van der Waals surface area (Å²) in [5.41, 5.74) is 4.85. The Balaban J connectivity index is 1.76. The van der Waals surface area contributed by atoms with Crippen molar-refractivity contribution in [2.75, 3.05) is 4.72 Å². The molecule has 0 saturated heterocycles. The molecule has 4 aromatic rings. The Morgan fingerprint density at radius 2 is 1.74 bits per heavy atom. The molecule has 7 nitrogen and oxygen atoms in total. The second kappa shape index (κ2) is 9.77. The van der Waals surface area contributed by atoms with E-state index in [-0.39, 0.29) is 10.8 Å². The van der Waals surface area contributed by atoms with Gasteiger partial charge in [0.25, 0.3) is 10.0 Å². The van der Waals surface area contributed by atoms with Crippen LogP contribution in [0.2, 0.25) is 0 Å². The van der Waals surface area contributed by atoms with Crippen molar-refractivity contribution in [2.45, 2.75) is 45.6 Å². The second-order valence-electron chi connectivity index (χ2n) is 8.85. The molecule has 4 rings (SSSR count). The average molecular weight is 476 g/mol. The highest BCUT2D eigenvalue weighted by atomic mass is 32.2. The zero-order valence-corrected chi connectivity index (χ0v) is 20.7. The Morgan fingerprint density at radius 1 is 0.971 bits per heavy atom. The van der Waals surface area contributed by atoms with Gasteiger partial charge in [0.15, 0.2) is 0 Å². The van der Waals surface area contributed by atoms with E-state index >= 15 is 0 Å². The third-order valence-corrected chi connectivity index (χ3v) is 7.07. The summed E-state index contributed by atoms with van der Waals surface area (Å²) >= 11 is 0. The molecule has 0 bridgehead atoms. The van der Waals surface area contributed by atoms with Crippen molar-refractivity contribution < 1.29 is 8.42 Å². The summed E-state index contributed by atoms with van der Waals surface area (Å²) in [6.45, 7) is 9.03. The number of benzene rings is 2. The van der Waals surface area contributed by atoms with Gasteiger partial charge in [-0.05, 0) is 66.6 Å². The fourth-order valence-corrected chi connectivity index (χ4v) is 5.13. The molecule has 0 saturated carbocycles. The first-order valence-electron chi connectivity index (χ1n) is 11.2. The van der Waals surface area contributed by atoms with Gasteiger partial charge in [0, 0.05) is 36.9 Å². The number of nitrogens with one attached hydrogen (secondary N) is 1. The maximum atomic E-state index is 13.3. The van der Waals surface area contributed by atoms with Crippen LogP contribution in [0.4, 0.5) is 5.95 Å². The summed E-state index contributed by atoms with van der Waals surface area (Å²) in [5, 5.41) is 0. The third-order valence-electron chi connectivity index (χ3n) is 5.69. The van der Waals surface area contributed by atoms with Crippen LogP contribution in [0.15, 0.2) is 72.1 Å². The zero-order chi connectivity index (χ0) is 24.3. The smallest absolute Gasteiger partial charge is 0.264 e. The summed E-state index contributed by atoms with van der Waals surface area (Å²) < 4.78 is 31.3. The molecule has 0 spiro atoms. The van der Waals surface area contributed by atoms with E-state index < -0.39 is 10.0 Å². The molecule has 0 radical (unpaired) electrons. The van der Waals surface area contributed by atoms with Crippen LogP contribution in [0.25, 0.3) is 11.1 Å². The van der Waals surface area contributed by atoms with Crippen molar-refractivity contribution in [3.05, 3.63) is 89.8 Å². The minimum atomic E-state index is -3.89. The lowest BCUT2D eigenvalue weighted by molar-refractivity contribution is 0.601. The zero-order valence-electron chi connectivity index (χ0n) is 19.9. The van der Waals surface area contributed by atoms with E-state index in [1.54, 1.807) is 18.3 Å². The molecule has 0 aliphatic rings. The van der Waals surface area contributed by atoms with E-state index in [9.17, 15) is 8.42 Å². The first kappa shape index (κ1) is 23.6. The highest BCUT2D eigenvalue weighted by molar-refractivity contribution is 7.92. The molecule has 1 N–H and O–H groups in total. The standard InChI is InChI=1S/C26H29N5O2S/c1-18(2)14-21-6-9-25(34(32,33)30-26-28-10-5-11-29-26)24(16-21)22-7-8-23(19(3)15-22)17-31-13-12-27-20(31)4/h5-13,15-16,18H,14,17H2,1-4H3,(H,28,29,30). The first-order valence-corrected chi connectivity index (χ1v) is 12.7. The lowest BCUT2D eigenvalue weighted by Gasteiger charge is -2.16. The van der Waals surface area contributed by atoms with Crippen molar-refractivity contribution in [2.24, 2.45) is 5.92 Å². The molecule has 2 aromatic carbocycles. The van der Waals surface area contributed by atoms with Crippen molar-refractivity contribution >= 4 is 16.0 Å². The van der Waals surface area contributed by atoms with Gasteiger partial charge in [0.05, 0.1) is 4.90 Å². The van der Waals surface area contributed by atoms with E-state index in [2.05, 4.69) is 44.2 Å². The Morgan fingerprint density at radius 3 is 2.38 bits per heavy atom. The van der Waals surface area contributed by atoms with Gasteiger partial charge in [-0.1, -0.05) is 38.1 Å². The summed E-state index contributed by atoms with van der Waals surface area (Å²) in [5.74, 6) is 1.45. The SMILES string of the molecule is Cc1cc(-c2cc(CC(C)C)ccc2S(=O)(=O)Nc2ncccn2)ccc1Cn1ccnc1C. The van der Waals surface area contributed by atoms with Crippen LogP contribution in [-0.4, -0.2) is 27.9 Å².